The molecule has 0 bridgehead atoms. The number of hydrogen-bond acceptors (Lipinski definition) is 3. The zero-order chi connectivity index (χ0) is 12.5. The highest BCUT2D eigenvalue weighted by molar-refractivity contribution is 6.33. The number of fused-ring (bicyclic) bond motifs is 1. The minimum Gasteiger partial charge on any atom is -0.328 e. The number of halogens is 1. The topological polar surface area (TPSA) is 46.6 Å². The van der Waals surface area contributed by atoms with E-state index in [4.69, 9.17) is 17.3 Å². The molecule has 0 atom stereocenters. The lowest BCUT2D eigenvalue weighted by Gasteiger charge is -2.29. The Morgan fingerprint density at radius 2 is 2.17 bits per heavy atom. The Balaban J connectivity index is 1.77. The van der Waals surface area contributed by atoms with Crippen LogP contribution in [0.15, 0.2) is 24.5 Å². The van der Waals surface area contributed by atoms with Crippen LogP contribution in [0.25, 0.3) is 5.65 Å². The molecule has 1 saturated heterocycles. The second-order valence-electron chi connectivity index (χ2n) is 4.93. The van der Waals surface area contributed by atoms with Crippen LogP contribution in [0.2, 0.25) is 5.02 Å². The van der Waals surface area contributed by atoms with Crippen LogP contribution in [0.5, 0.6) is 0 Å². The van der Waals surface area contributed by atoms with Gasteiger partial charge < -0.3 is 10.1 Å². The van der Waals surface area contributed by atoms with Crippen LogP contribution in [-0.4, -0.2) is 33.4 Å². The molecule has 3 heterocycles. The SMILES string of the molecule is NC1CCN(Cc2cn3cccc(Cl)c3n2)CC1. The second kappa shape index (κ2) is 4.88. The molecule has 0 spiro atoms. The fraction of sp³-hybridized carbons (Fsp3) is 0.462. The monoisotopic (exact) mass is 264 g/mol. The molecule has 0 saturated carbocycles. The van der Waals surface area contributed by atoms with E-state index in [9.17, 15) is 0 Å². The van der Waals surface area contributed by atoms with E-state index in [1.54, 1.807) is 0 Å². The van der Waals surface area contributed by atoms with E-state index in [-0.39, 0.29) is 0 Å². The maximum atomic E-state index is 6.12. The zero-order valence-corrected chi connectivity index (χ0v) is 11.0. The number of hydrogen-bond donors (Lipinski definition) is 1. The Morgan fingerprint density at radius 3 is 2.89 bits per heavy atom. The van der Waals surface area contributed by atoms with Crippen LogP contribution in [0.1, 0.15) is 18.5 Å². The van der Waals surface area contributed by atoms with Gasteiger partial charge in [-0.15, -0.1) is 0 Å². The van der Waals surface area contributed by atoms with Crippen molar-refractivity contribution in [2.75, 3.05) is 13.1 Å². The van der Waals surface area contributed by atoms with Gasteiger partial charge >= 0.3 is 0 Å². The van der Waals surface area contributed by atoms with E-state index in [1.807, 2.05) is 22.7 Å². The number of piperidine rings is 1. The lowest BCUT2D eigenvalue weighted by Crippen LogP contribution is -2.39. The van der Waals surface area contributed by atoms with E-state index in [2.05, 4.69) is 16.1 Å². The Morgan fingerprint density at radius 1 is 1.39 bits per heavy atom. The third-order valence-electron chi connectivity index (χ3n) is 3.50. The molecule has 18 heavy (non-hydrogen) atoms. The minimum atomic E-state index is 0.372. The molecule has 0 radical (unpaired) electrons. The molecule has 0 amide bonds. The lowest BCUT2D eigenvalue weighted by atomic mass is 10.1. The first-order valence-corrected chi connectivity index (χ1v) is 6.70. The van der Waals surface area contributed by atoms with Crippen molar-refractivity contribution in [1.29, 1.82) is 0 Å². The molecule has 0 aromatic carbocycles. The fourth-order valence-electron chi connectivity index (χ4n) is 2.45. The third-order valence-corrected chi connectivity index (χ3v) is 3.80. The smallest absolute Gasteiger partial charge is 0.155 e. The quantitative estimate of drug-likeness (QED) is 0.901. The highest BCUT2D eigenvalue weighted by Crippen LogP contribution is 2.18. The van der Waals surface area contributed by atoms with Crippen LogP contribution in [0, 0.1) is 0 Å². The van der Waals surface area contributed by atoms with Gasteiger partial charge in [0.1, 0.15) is 0 Å². The summed E-state index contributed by atoms with van der Waals surface area (Å²) in [5.41, 5.74) is 7.81. The molecule has 0 unspecified atom stereocenters. The molecule has 0 aliphatic carbocycles. The second-order valence-corrected chi connectivity index (χ2v) is 5.34. The van der Waals surface area contributed by atoms with Crippen LogP contribution in [0.4, 0.5) is 0 Å². The van der Waals surface area contributed by atoms with Crippen molar-refractivity contribution in [2.24, 2.45) is 5.73 Å². The summed E-state index contributed by atoms with van der Waals surface area (Å²) in [6, 6.07) is 4.17. The average molecular weight is 265 g/mol. The summed E-state index contributed by atoms with van der Waals surface area (Å²) < 4.78 is 1.98. The van der Waals surface area contributed by atoms with Crippen LogP contribution < -0.4 is 5.73 Å². The molecule has 1 fully saturated rings. The van der Waals surface area contributed by atoms with Gasteiger partial charge in [-0.1, -0.05) is 11.6 Å². The Hall–Kier alpha value is -1.10. The summed E-state index contributed by atoms with van der Waals surface area (Å²) in [4.78, 5) is 6.99. The van der Waals surface area contributed by atoms with Gasteiger partial charge in [0, 0.05) is 38.1 Å². The number of likely N-dealkylation sites (tertiary alicyclic amines) is 1. The van der Waals surface area contributed by atoms with Crippen molar-refractivity contribution in [3.63, 3.8) is 0 Å². The van der Waals surface area contributed by atoms with E-state index in [1.165, 1.54) is 0 Å². The predicted octanol–water partition coefficient (Wildman–Crippen LogP) is 1.91. The largest absolute Gasteiger partial charge is 0.328 e. The molecule has 1 aliphatic heterocycles. The summed E-state index contributed by atoms with van der Waals surface area (Å²) >= 11 is 6.12. The van der Waals surface area contributed by atoms with E-state index >= 15 is 0 Å². The summed E-state index contributed by atoms with van der Waals surface area (Å²) in [7, 11) is 0. The maximum absolute atomic E-state index is 6.12. The molecule has 96 valence electrons. The molecule has 1 aliphatic rings. The molecule has 5 heteroatoms. The molecule has 2 N–H and O–H groups in total. The molecule has 4 nitrogen and oxygen atoms in total. The highest BCUT2D eigenvalue weighted by atomic mass is 35.5. The Bertz CT molecular complexity index is 543. The van der Waals surface area contributed by atoms with Crippen molar-refractivity contribution >= 4 is 17.2 Å². The van der Waals surface area contributed by atoms with E-state index in [0.29, 0.717) is 11.1 Å². The van der Waals surface area contributed by atoms with E-state index < -0.39 is 0 Å². The van der Waals surface area contributed by atoms with Crippen LogP contribution in [0.3, 0.4) is 0 Å². The van der Waals surface area contributed by atoms with Gasteiger partial charge in [-0.3, -0.25) is 4.90 Å². The standard InChI is InChI=1S/C13H17ClN4/c14-12-2-1-5-18-9-11(16-13(12)18)8-17-6-3-10(15)4-7-17/h1-2,5,9-10H,3-4,6-8,15H2. The van der Waals surface area contributed by atoms with Crippen molar-refractivity contribution in [1.82, 2.24) is 14.3 Å². The number of pyridine rings is 1. The predicted molar refractivity (Wildman–Crippen MR) is 72.7 cm³/mol. The van der Waals surface area contributed by atoms with Crippen molar-refractivity contribution in [3.8, 4) is 0 Å². The van der Waals surface area contributed by atoms with Gasteiger partial charge in [-0.2, -0.15) is 0 Å². The average Bonchev–Trinajstić information content (AvgIpc) is 2.76. The third kappa shape index (κ3) is 2.36. The molecule has 3 rings (SSSR count). The number of aromatic nitrogens is 2. The number of nitrogens with two attached hydrogens (primary N) is 1. The molecule has 2 aromatic rings. The van der Waals surface area contributed by atoms with Crippen molar-refractivity contribution in [2.45, 2.75) is 25.4 Å². The highest BCUT2D eigenvalue weighted by Gasteiger charge is 2.17. The summed E-state index contributed by atoms with van der Waals surface area (Å²) in [6.07, 6.45) is 6.18. The van der Waals surface area contributed by atoms with Gasteiger partial charge in [0.15, 0.2) is 5.65 Å². The summed E-state index contributed by atoms with van der Waals surface area (Å²) in [6.45, 7) is 3.00. The Labute approximate surface area is 111 Å². The zero-order valence-electron chi connectivity index (χ0n) is 10.2. The van der Waals surface area contributed by atoms with Crippen LogP contribution >= 0.6 is 11.6 Å². The summed E-state index contributed by atoms with van der Waals surface area (Å²) in [5, 5.41) is 0.699. The molecule has 2 aromatic heterocycles. The van der Waals surface area contributed by atoms with Crippen LogP contribution in [-0.2, 0) is 6.54 Å². The first-order valence-electron chi connectivity index (χ1n) is 6.32. The lowest BCUT2D eigenvalue weighted by molar-refractivity contribution is 0.204. The molecular weight excluding hydrogens is 248 g/mol. The Kier molecular flexibility index (Phi) is 3.24. The first kappa shape index (κ1) is 12.0. The maximum Gasteiger partial charge on any atom is 0.155 e. The number of rotatable bonds is 2. The number of imidazole rings is 1. The first-order chi connectivity index (χ1) is 8.72. The molecular formula is C13H17ClN4. The van der Waals surface area contributed by atoms with Crippen molar-refractivity contribution < 1.29 is 0 Å². The van der Waals surface area contributed by atoms with Gasteiger partial charge in [0.25, 0.3) is 0 Å². The summed E-state index contributed by atoms with van der Waals surface area (Å²) in [5.74, 6) is 0. The van der Waals surface area contributed by atoms with Gasteiger partial charge in [-0.25, -0.2) is 4.98 Å². The fourth-order valence-corrected chi connectivity index (χ4v) is 2.66. The number of nitrogens with zero attached hydrogens (tertiary/aromatic N) is 3. The van der Waals surface area contributed by atoms with Crippen molar-refractivity contribution in [3.05, 3.63) is 35.2 Å². The van der Waals surface area contributed by atoms with E-state index in [0.717, 1.165) is 43.8 Å². The van der Waals surface area contributed by atoms with Gasteiger partial charge in [-0.05, 0) is 25.0 Å². The van der Waals surface area contributed by atoms with Gasteiger partial charge in [0.2, 0.25) is 0 Å². The minimum absolute atomic E-state index is 0.372. The van der Waals surface area contributed by atoms with Gasteiger partial charge in [0.05, 0.1) is 10.7 Å². The normalized spacial score (nSPS) is 18.6.